The number of esters is 1. The standard InChI is InChI=1S/C34H35NO15/c1-11-7-13-8-18(37)34(49-6)30(43)21-15(29(42)33(34,45)22(13)25(40)19(11)32(44)48-5)9-14-20(24(21)39)17(36)10-16(23(14)38)35-31-28(47-4)26(41)27(46-3)12(2)50-31/h7,9,12,18,26-28,31,37,39-41,45H,8,10H2,1-6H3/t12?,18-,26?,27?,28?,31?,33+,34-/m1/s1. The topological polar surface area (TPSA) is 245 Å². The molecule has 50 heavy (non-hydrogen) atoms. The van der Waals surface area contributed by atoms with Crippen molar-refractivity contribution in [2.75, 3.05) is 28.4 Å². The molecule has 0 amide bonds. The van der Waals surface area contributed by atoms with E-state index in [0.717, 1.165) is 20.3 Å². The third-order valence-corrected chi connectivity index (χ3v) is 10.2. The van der Waals surface area contributed by atoms with Crippen molar-refractivity contribution in [3.63, 3.8) is 0 Å². The molecular formula is C34H35NO15. The van der Waals surface area contributed by atoms with Crippen molar-refractivity contribution < 1.29 is 73.2 Å². The molecule has 16 heteroatoms. The van der Waals surface area contributed by atoms with E-state index in [4.69, 9.17) is 23.7 Å². The largest absolute Gasteiger partial charge is 0.507 e. The number of aliphatic hydroxyl groups is 3. The van der Waals surface area contributed by atoms with Crippen LogP contribution in [-0.2, 0) is 35.7 Å². The second kappa shape index (κ2) is 12.1. The number of rotatable bonds is 5. The highest BCUT2D eigenvalue weighted by molar-refractivity contribution is 6.53. The number of fused-ring (bicyclic) bond motifs is 5. The van der Waals surface area contributed by atoms with Crippen LogP contribution < -0.4 is 0 Å². The molecule has 0 aromatic heterocycles. The first kappa shape index (κ1) is 35.4. The minimum absolute atomic E-state index is 0.00455. The Kier molecular flexibility index (Phi) is 8.58. The molecule has 5 unspecified atom stereocenters. The Morgan fingerprint density at radius 2 is 1.60 bits per heavy atom. The van der Waals surface area contributed by atoms with E-state index in [0.29, 0.717) is 0 Å². The van der Waals surface area contributed by atoms with E-state index in [1.54, 1.807) is 6.92 Å². The molecular weight excluding hydrogens is 662 g/mol. The van der Waals surface area contributed by atoms with Gasteiger partial charge in [0.2, 0.25) is 17.3 Å². The van der Waals surface area contributed by atoms with Crippen molar-refractivity contribution in [1.29, 1.82) is 0 Å². The molecule has 8 atom stereocenters. The molecule has 1 aliphatic heterocycles. The molecule has 2 aromatic carbocycles. The Bertz CT molecular complexity index is 1920. The lowest BCUT2D eigenvalue weighted by atomic mass is 9.56. The number of benzene rings is 2. The summed E-state index contributed by atoms with van der Waals surface area (Å²) >= 11 is 0. The lowest BCUT2D eigenvalue weighted by Gasteiger charge is -2.52. The monoisotopic (exact) mass is 697 g/mol. The maximum absolute atomic E-state index is 14.6. The molecule has 0 bridgehead atoms. The van der Waals surface area contributed by atoms with E-state index in [-0.39, 0.29) is 16.8 Å². The number of aryl methyl sites for hydroxylation is 1. The lowest BCUT2D eigenvalue weighted by Crippen LogP contribution is -2.73. The number of nitrogens with zero attached hydrogens (tertiary/aromatic N) is 1. The summed E-state index contributed by atoms with van der Waals surface area (Å²) in [5.41, 5.74) is -10.1. The number of phenolic OH excluding ortho intramolecular Hbond substituents is 2. The van der Waals surface area contributed by atoms with E-state index in [9.17, 15) is 49.5 Å². The molecule has 4 aliphatic rings. The van der Waals surface area contributed by atoms with Gasteiger partial charge in [-0.25, -0.2) is 4.79 Å². The summed E-state index contributed by atoms with van der Waals surface area (Å²) in [6.45, 7) is 3.05. The van der Waals surface area contributed by atoms with Crippen LogP contribution in [0.15, 0.2) is 17.1 Å². The number of aromatic hydroxyl groups is 2. The van der Waals surface area contributed by atoms with E-state index < -0.39 is 135 Å². The number of hydrogen-bond donors (Lipinski definition) is 5. The number of methoxy groups -OCH3 is 4. The van der Waals surface area contributed by atoms with Crippen LogP contribution in [0.25, 0.3) is 0 Å². The highest BCUT2D eigenvalue weighted by atomic mass is 16.6. The van der Waals surface area contributed by atoms with Gasteiger partial charge in [0, 0.05) is 44.4 Å². The lowest BCUT2D eigenvalue weighted by molar-refractivity contribution is -0.228. The van der Waals surface area contributed by atoms with Gasteiger partial charge < -0.3 is 49.2 Å². The number of aliphatic imine (C=N–C) groups is 1. The summed E-state index contributed by atoms with van der Waals surface area (Å²) in [6, 6.07) is 2.18. The van der Waals surface area contributed by atoms with Crippen LogP contribution in [-0.4, -0.2) is 131 Å². The maximum atomic E-state index is 14.6. The van der Waals surface area contributed by atoms with Crippen LogP contribution in [0.1, 0.15) is 81.8 Å². The Morgan fingerprint density at radius 3 is 2.20 bits per heavy atom. The first-order chi connectivity index (χ1) is 23.6. The molecule has 16 nitrogen and oxygen atoms in total. The fourth-order valence-electron chi connectivity index (χ4n) is 7.90. The van der Waals surface area contributed by atoms with Gasteiger partial charge in [0.1, 0.15) is 35.4 Å². The van der Waals surface area contributed by atoms with Crippen LogP contribution in [0, 0.1) is 6.92 Å². The van der Waals surface area contributed by atoms with Gasteiger partial charge >= 0.3 is 5.97 Å². The van der Waals surface area contributed by atoms with Crippen molar-refractivity contribution >= 4 is 34.8 Å². The van der Waals surface area contributed by atoms with Crippen LogP contribution >= 0.6 is 0 Å². The van der Waals surface area contributed by atoms with Gasteiger partial charge in [-0.1, -0.05) is 6.07 Å². The first-order valence-electron chi connectivity index (χ1n) is 15.5. The fourth-order valence-corrected chi connectivity index (χ4v) is 7.90. The predicted molar refractivity (Wildman–Crippen MR) is 167 cm³/mol. The maximum Gasteiger partial charge on any atom is 0.341 e. The second-order valence-electron chi connectivity index (χ2n) is 12.7. The van der Waals surface area contributed by atoms with E-state index in [2.05, 4.69) is 4.99 Å². The Hall–Kier alpha value is -4.42. The zero-order valence-corrected chi connectivity index (χ0v) is 27.8. The number of ketones is 4. The summed E-state index contributed by atoms with van der Waals surface area (Å²) in [6.07, 6.45) is -8.23. The van der Waals surface area contributed by atoms with Crippen molar-refractivity contribution in [2.45, 2.75) is 74.6 Å². The van der Waals surface area contributed by atoms with Crippen molar-refractivity contribution in [3.8, 4) is 11.5 Å². The fraction of sp³-hybridized carbons (Fsp3) is 0.471. The molecule has 0 spiro atoms. The molecule has 1 saturated heterocycles. The third kappa shape index (κ3) is 4.43. The highest BCUT2D eigenvalue weighted by Gasteiger charge is 2.72. The van der Waals surface area contributed by atoms with Gasteiger partial charge in [-0.15, -0.1) is 0 Å². The van der Waals surface area contributed by atoms with Gasteiger partial charge in [-0.05, 0) is 31.0 Å². The third-order valence-electron chi connectivity index (χ3n) is 10.2. The number of aliphatic hydroxyl groups excluding tert-OH is 2. The Balaban J connectivity index is 1.55. The number of ether oxygens (including phenoxy) is 5. The quantitative estimate of drug-likeness (QED) is 0.260. The summed E-state index contributed by atoms with van der Waals surface area (Å²) in [4.78, 5) is 73.4. The minimum atomic E-state index is -3.23. The second-order valence-corrected chi connectivity index (χ2v) is 12.7. The molecule has 2 aromatic rings. The van der Waals surface area contributed by atoms with Gasteiger partial charge in [-0.2, -0.15) is 0 Å². The molecule has 1 fully saturated rings. The summed E-state index contributed by atoms with van der Waals surface area (Å²) in [7, 11) is 4.61. The molecule has 3 aliphatic carbocycles. The van der Waals surface area contributed by atoms with Gasteiger partial charge in [0.15, 0.2) is 23.2 Å². The molecule has 0 radical (unpaired) electrons. The van der Waals surface area contributed by atoms with Gasteiger partial charge in [0.25, 0.3) is 0 Å². The SMILES string of the molecule is COC(=O)c1c(C)cc2c(c1O)[C@]1(O)C(=O)c3cc4c(c(O)c3C(=O)[C@]1(OC)[C@H](O)C2)C(=O)CC(=NC1OC(C)C(OC)C(O)C1OC)C4=O. The number of Topliss-reactive ketones (excluding diaryl/α,β-unsaturated/α-hetero) is 4. The Labute approximate surface area is 284 Å². The summed E-state index contributed by atoms with van der Waals surface area (Å²) in [5.74, 6) is -7.56. The predicted octanol–water partition coefficient (Wildman–Crippen LogP) is 0.108. The van der Waals surface area contributed by atoms with Crippen molar-refractivity contribution in [3.05, 3.63) is 56.6 Å². The zero-order chi connectivity index (χ0) is 36.8. The molecule has 5 N–H and O–H groups in total. The van der Waals surface area contributed by atoms with Crippen LogP contribution in [0.3, 0.4) is 0 Å². The van der Waals surface area contributed by atoms with Crippen molar-refractivity contribution in [1.82, 2.24) is 0 Å². The Morgan fingerprint density at radius 1 is 0.940 bits per heavy atom. The van der Waals surface area contributed by atoms with Crippen LogP contribution in [0.4, 0.5) is 0 Å². The molecule has 6 rings (SSSR count). The minimum Gasteiger partial charge on any atom is -0.507 e. The van der Waals surface area contributed by atoms with Gasteiger partial charge in [-0.3, -0.25) is 24.2 Å². The molecule has 1 heterocycles. The highest BCUT2D eigenvalue weighted by Crippen LogP contribution is 2.56. The number of carbonyl (C=O) groups is 5. The van der Waals surface area contributed by atoms with E-state index in [1.165, 1.54) is 27.2 Å². The van der Waals surface area contributed by atoms with Crippen LogP contribution in [0.5, 0.6) is 11.5 Å². The van der Waals surface area contributed by atoms with E-state index >= 15 is 0 Å². The normalized spacial score (nSPS) is 32.7. The number of hydrogen-bond acceptors (Lipinski definition) is 16. The average Bonchev–Trinajstić information content (AvgIpc) is 3.05. The number of carbonyl (C=O) groups excluding carboxylic acids is 5. The smallest absolute Gasteiger partial charge is 0.341 e. The van der Waals surface area contributed by atoms with E-state index in [1.807, 2.05) is 0 Å². The average molecular weight is 698 g/mol. The summed E-state index contributed by atoms with van der Waals surface area (Å²) < 4.78 is 26.7. The first-order valence-corrected chi connectivity index (χ1v) is 15.5. The van der Waals surface area contributed by atoms with Gasteiger partial charge in [0.05, 0.1) is 42.6 Å². The molecule has 266 valence electrons. The summed E-state index contributed by atoms with van der Waals surface area (Å²) in [5, 5.41) is 57.5. The number of phenols is 2. The molecule has 0 saturated carbocycles. The van der Waals surface area contributed by atoms with Crippen molar-refractivity contribution in [2.24, 2.45) is 4.99 Å². The van der Waals surface area contributed by atoms with Crippen LogP contribution in [0.2, 0.25) is 0 Å². The zero-order valence-electron chi connectivity index (χ0n) is 27.8.